The molecular formula is C7H9N3O2. The van der Waals surface area contributed by atoms with Crippen LogP contribution in [0.1, 0.15) is 11.7 Å². The van der Waals surface area contributed by atoms with Gasteiger partial charge in [-0.2, -0.15) is 0 Å². The number of anilines is 1. The van der Waals surface area contributed by atoms with Gasteiger partial charge in [0.15, 0.2) is 0 Å². The van der Waals surface area contributed by atoms with Crippen molar-refractivity contribution in [1.82, 2.24) is 4.98 Å². The van der Waals surface area contributed by atoms with Crippen molar-refractivity contribution in [1.29, 1.82) is 0 Å². The van der Waals surface area contributed by atoms with E-state index in [4.69, 9.17) is 16.6 Å². The molecule has 0 unspecified atom stereocenters. The summed E-state index contributed by atoms with van der Waals surface area (Å²) in [5.41, 5.74) is 11.4. The molecule has 1 aromatic rings. The van der Waals surface area contributed by atoms with Crippen LogP contribution in [0.5, 0.6) is 0 Å². The molecule has 0 fully saturated rings. The van der Waals surface area contributed by atoms with E-state index >= 15 is 0 Å². The quantitative estimate of drug-likeness (QED) is 0.563. The lowest BCUT2D eigenvalue weighted by Crippen LogP contribution is -2.21. The highest BCUT2D eigenvalue weighted by Crippen LogP contribution is 2.08. The van der Waals surface area contributed by atoms with E-state index in [1.54, 1.807) is 6.07 Å². The number of carboxylic acids is 1. The molecule has 1 atom stereocenters. The van der Waals surface area contributed by atoms with E-state index in [2.05, 4.69) is 4.98 Å². The minimum Gasteiger partial charge on any atom is -0.480 e. The molecule has 0 radical (unpaired) electrons. The maximum atomic E-state index is 10.4. The molecule has 1 aromatic heterocycles. The molecule has 5 N–H and O–H groups in total. The summed E-state index contributed by atoms with van der Waals surface area (Å²) in [5.74, 6) is -1.10. The number of hydrogen-bond donors (Lipinski definition) is 3. The average molecular weight is 167 g/mol. The predicted molar refractivity (Wildman–Crippen MR) is 43.2 cm³/mol. The summed E-state index contributed by atoms with van der Waals surface area (Å²) >= 11 is 0. The second-order valence-corrected chi connectivity index (χ2v) is 2.33. The van der Waals surface area contributed by atoms with Gasteiger partial charge in [-0.15, -0.1) is 0 Å². The second-order valence-electron chi connectivity index (χ2n) is 2.33. The lowest BCUT2D eigenvalue weighted by molar-refractivity contribution is -0.138. The van der Waals surface area contributed by atoms with E-state index in [0.29, 0.717) is 11.4 Å². The van der Waals surface area contributed by atoms with Crippen LogP contribution in [0.25, 0.3) is 0 Å². The highest BCUT2D eigenvalue weighted by molar-refractivity contribution is 5.74. The Morgan fingerprint density at radius 3 is 2.67 bits per heavy atom. The molecule has 0 amide bonds. The largest absolute Gasteiger partial charge is 0.480 e. The number of nitrogens with zero attached hydrogens (tertiary/aromatic N) is 1. The highest BCUT2D eigenvalue weighted by atomic mass is 16.4. The zero-order valence-electron chi connectivity index (χ0n) is 6.27. The van der Waals surface area contributed by atoms with Gasteiger partial charge in [0.2, 0.25) is 0 Å². The van der Waals surface area contributed by atoms with Crippen molar-refractivity contribution >= 4 is 11.7 Å². The Balaban J connectivity index is 2.89. The summed E-state index contributed by atoms with van der Waals surface area (Å²) in [5, 5.41) is 8.51. The molecule has 5 nitrogen and oxygen atoms in total. The Morgan fingerprint density at radius 2 is 2.25 bits per heavy atom. The van der Waals surface area contributed by atoms with Gasteiger partial charge < -0.3 is 16.6 Å². The van der Waals surface area contributed by atoms with Crippen LogP contribution in [-0.2, 0) is 4.79 Å². The number of rotatable bonds is 2. The average Bonchev–Trinajstić information content (AvgIpc) is 2.04. The van der Waals surface area contributed by atoms with Crippen molar-refractivity contribution in [3.8, 4) is 0 Å². The Bertz CT molecular complexity index is 283. The number of aromatic nitrogens is 1. The third-order valence-corrected chi connectivity index (χ3v) is 1.39. The van der Waals surface area contributed by atoms with Crippen molar-refractivity contribution in [2.24, 2.45) is 5.73 Å². The van der Waals surface area contributed by atoms with Crippen LogP contribution in [0.15, 0.2) is 18.3 Å². The van der Waals surface area contributed by atoms with Crippen molar-refractivity contribution in [3.05, 3.63) is 24.0 Å². The first-order valence-corrected chi connectivity index (χ1v) is 3.31. The number of pyridine rings is 1. The standard InChI is InChI=1S/C7H9N3O2/c8-4-1-2-5(10-3-4)6(9)7(11)12/h1-3,6H,8-9H2,(H,11,12)/t6-/m1/s1. The fourth-order valence-electron chi connectivity index (χ4n) is 0.727. The Morgan fingerprint density at radius 1 is 1.58 bits per heavy atom. The van der Waals surface area contributed by atoms with Gasteiger partial charge in [-0.3, -0.25) is 9.78 Å². The number of carboxylic acid groups (broad SMARTS) is 1. The van der Waals surface area contributed by atoms with Crippen molar-refractivity contribution in [3.63, 3.8) is 0 Å². The minimum absolute atomic E-state index is 0.303. The zero-order chi connectivity index (χ0) is 9.14. The summed E-state index contributed by atoms with van der Waals surface area (Å²) in [6, 6.07) is 1.98. The first-order chi connectivity index (χ1) is 5.61. The monoisotopic (exact) mass is 167 g/mol. The van der Waals surface area contributed by atoms with Crippen molar-refractivity contribution in [2.75, 3.05) is 5.73 Å². The molecule has 1 rings (SSSR count). The molecular weight excluding hydrogens is 158 g/mol. The summed E-state index contributed by atoms with van der Waals surface area (Å²) in [4.78, 5) is 14.2. The van der Waals surface area contributed by atoms with Gasteiger partial charge in [-0.25, -0.2) is 0 Å². The van der Waals surface area contributed by atoms with E-state index in [-0.39, 0.29) is 0 Å². The molecule has 0 aliphatic heterocycles. The molecule has 0 bridgehead atoms. The molecule has 0 spiro atoms. The summed E-state index contributed by atoms with van der Waals surface area (Å²) in [7, 11) is 0. The molecule has 0 saturated heterocycles. The number of nitrogen functional groups attached to an aromatic ring is 1. The summed E-state index contributed by atoms with van der Waals surface area (Å²) in [6.07, 6.45) is 1.37. The van der Waals surface area contributed by atoms with Gasteiger partial charge in [0.05, 0.1) is 17.6 Å². The van der Waals surface area contributed by atoms with Gasteiger partial charge in [0.25, 0.3) is 0 Å². The fraction of sp³-hybridized carbons (Fsp3) is 0.143. The first kappa shape index (κ1) is 8.48. The lowest BCUT2D eigenvalue weighted by atomic mass is 10.2. The number of hydrogen-bond acceptors (Lipinski definition) is 4. The van der Waals surface area contributed by atoms with Crippen molar-refractivity contribution in [2.45, 2.75) is 6.04 Å². The van der Waals surface area contributed by atoms with Crippen LogP contribution in [0.3, 0.4) is 0 Å². The maximum Gasteiger partial charge on any atom is 0.326 e. The summed E-state index contributed by atoms with van der Waals surface area (Å²) in [6.45, 7) is 0. The van der Waals surface area contributed by atoms with Gasteiger partial charge in [-0.1, -0.05) is 0 Å². The van der Waals surface area contributed by atoms with Crippen LogP contribution in [-0.4, -0.2) is 16.1 Å². The van der Waals surface area contributed by atoms with E-state index < -0.39 is 12.0 Å². The predicted octanol–water partition coefficient (Wildman–Crippen LogP) is -0.252. The SMILES string of the molecule is Nc1ccc([C@@H](N)C(=O)O)nc1. The molecule has 12 heavy (non-hydrogen) atoms. The second kappa shape index (κ2) is 3.19. The van der Waals surface area contributed by atoms with E-state index in [1.165, 1.54) is 12.3 Å². The number of nitrogens with two attached hydrogens (primary N) is 2. The van der Waals surface area contributed by atoms with E-state index in [0.717, 1.165) is 0 Å². The Labute approximate surface area is 69.0 Å². The summed E-state index contributed by atoms with van der Waals surface area (Å²) < 4.78 is 0. The van der Waals surface area contributed by atoms with Gasteiger partial charge in [0.1, 0.15) is 6.04 Å². The van der Waals surface area contributed by atoms with Crippen LogP contribution < -0.4 is 11.5 Å². The maximum absolute atomic E-state index is 10.4. The van der Waals surface area contributed by atoms with Gasteiger partial charge in [0, 0.05) is 0 Å². The van der Waals surface area contributed by atoms with Crippen LogP contribution in [0, 0.1) is 0 Å². The van der Waals surface area contributed by atoms with E-state index in [1.807, 2.05) is 0 Å². The molecule has 0 saturated carbocycles. The third kappa shape index (κ3) is 1.70. The van der Waals surface area contributed by atoms with Crippen molar-refractivity contribution < 1.29 is 9.90 Å². The third-order valence-electron chi connectivity index (χ3n) is 1.39. The Hall–Kier alpha value is -1.62. The number of aliphatic carboxylic acids is 1. The molecule has 0 aliphatic rings. The first-order valence-electron chi connectivity index (χ1n) is 3.31. The zero-order valence-corrected chi connectivity index (χ0v) is 6.27. The van der Waals surface area contributed by atoms with E-state index in [9.17, 15) is 4.79 Å². The minimum atomic E-state index is -1.10. The topological polar surface area (TPSA) is 102 Å². The smallest absolute Gasteiger partial charge is 0.326 e. The van der Waals surface area contributed by atoms with Gasteiger partial charge in [-0.05, 0) is 12.1 Å². The molecule has 5 heteroatoms. The lowest BCUT2D eigenvalue weighted by Gasteiger charge is -2.04. The molecule has 1 heterocycles. The van der Waals surface area contributed by atoms with Gasteiger partial charge >= 0.3 is 5.97 Å². The highest BCUT2D eigenvalue weighted by Gasteiger charge is 2.14. The number of carbonyl (C=O) groups is 1. The Kier molecular flexibility index (Phi) is 2.25. The normalized spacial score (nSPS) is 12.4. The molecule has 0 aliphatic carbocycles. The van der Waals surface area contributed by atoms with Crippen LogP contribution in [0.2, 0.25) is 0 Å². The van der Waals surface area contributed by atoms with Crippen LogP contribution >= 0.6 is 0 Å². The molecule has 64 valence electrons. The van der Waals surface area contributed by atoms with Crippen LogP contribution in [0.4, 0.5) is 5.69 Å². The molecule has 0 aromatic carbocycles. The fourth-order valence-corrected chi connectivity index (χ4v) is 0.727.